The van der Waals surface area contributed by atoms with E-state index in [1.165, 1.54) is 12.8 Å². The Balaban J connectivity index is 2.01. The first-order valence-electron chi connectivity index (χ1n) is 6.28. The molecule has 0 radical (unpaired) electrons. The summed E-state index contributed by atoms with van der Waals surface area (Å²) in [4.78, 5) is 4.72. The number of hydrogen-bond acceptors (Lipinski definition) is 4. The molecule has 0 aromatic carbocycles. The molecular weight excluding hydrogens is 214 g/mol. The first-order valence-corrected chi connectivity index (χ1v) is 6.28. The molecule has 2 heterocycles. The SMILES string of the molecule is CN(C)C1(CN)CCCN(Cc2ccco2)C1. The lowest BCUT2D eigenvalue weighted by Gasteiger charge is -2.46. The van der Waals surface area contributed by atoms with Crippen LogP contribution in [0.15, 0.2) is 22.8 Å². The lowest BCUT2D eigenvalue weighted by Crippen LogP contribution is -2.60. The Morgan fingerprint density at radius 3 is 2.94 bits per heavy atom. The van der Waals surface area contributed by atoms with E-state index in [2.05, 4.69) is 23.9 Å². The van der Waals surface area contributed by atoms with E-state index in [4.69, 9.17) is 10.2 Å². The van der Waals surface area contributed by atoms with E-state index in [1.807, 2.05) is 12.1 Å². The predicted octanol–water partition coefficient (Wildman–Crippen LogP) is 1.13. The molecule has 1 aromatic rings. The molecule has 1 unspecified atom stereocenters. The van der Waals surface area contributed by atoms with Gasteiger partial charge in [0.1, 0.15) is 5.76 Å². The van der Waals surface area contributed by atoms with Crippen LogP contribution in [0.25, 0.3) is 0 Å². The van der Waals surface area contributed by atoms with Gasteiger partial charge in [-0.2, -0.15) is 0 Å². The highest BCUT2D eigenvalue weighted by Crippen LogP contribution is 2.25. The van der Waals surface area contributed by atoms with Crippen molar-refractivity contribution in [3.63, 3.8) is 0 Å². The van der Waals surface area contributed by atoms with E-state index in [0.717, 1.165) is 25.4 Å². The molecule has 4 nitrogen and oxygen atoms in total. The monoisotopic (exact) mass is 237 g/mol. The van der Waals surface area contributed by atoms with Crippen LogP contribution >= 0.6 is 0 Å². The summed E-state index contributed by atoms with van der Waals surface area (Å²) in [6, 6.07) is 3.98. The zero-order valence-corrected chi connectivity index (χ0v) is 10.9. The molecule has 1 fully saturated rings. The summed E-state index contributed by atoms with van der Waals surface area (Å²) < 4.78 is 5.41. The molecule has 0 bridgehead atoms. The number of nitrogens with zero attached hydrogens (tertiary/aromatic N) is 2. The standard InChI is InChI=1S/C13H23N3O/c1-15(2)13(10-14)6-4-7-16(11-13)9-12-5-3-8-17-12/h3,5,8H,4,6-7,9-11,14H2,1-2H3. The molecular formula is C13H23N3O. The Kier molecular flexibility index (Phi) is 3.86. The number of furan rings is 1. The smallest absolute Gasteiger partial charge is 0.117 e. The molecule has 2 N–H and O–H groups in total. The fraction of sp³-hybridized carbons (Fsp3) is 0.692. The highest BCUT2D eigenvalue weighted by atomic mass is 16.3. The molecule has 96 valence electrons. The van der Waals surface area contributed by atoms with Crippen molar-refractivity contribution in [3.05, 3.63) is 24.2 Å². The van der Waals surface area contributed by atoms with Crippen LogP contribution in [0.2, 0.25) is 0 Å². The van der Waals surface area contributed by atoms with E-state index < -0.39 is 0 Å². The van der Waals surface area contributed by atoms with Gasteiger partial charge in [0.15, 0.2) is 0 Å². The maximum atomic E-state index is 5.98. The molecule has 1 aliphatic heterocycles. The van der Waals surface area contributed by atoms with Crippen LogP contribution in [0.5, 0.6) is 0 Å². The van der Waals surface area contributed by atoms with Crippen molar-refractivity contribution >= 4 is 0 Å². The zero-order chi connectivity index (χ0) is 12.3. The maximum absolute atomic E-state index is 5.98. The second kappa shape index (κ2) is 5.21. The Labute approximate surface area is 103 Å². The average Bonchev–Trinajstić information content (AvgIpc) is 2.82. The second-order valence-corrected chi connectivity index (χ2v) is 5.22. The van der Waals surface area contributed by atoms with Crippen molar-refractivity contribution in [2.45, 2.75) is 24.9 Å². The molecule has 2 rings (SSSR count). The van der Waals surface area contributed by atoms with Gasteiger partial charge in [-0.3, -0.25) is 4.90 Å². The number of likely N-dealkylation sites (tertiary alicyclic amines) is 1. The van der Waals surface area contributed by atoms with E-state index in [9.17, 15) is 0 Å². The minimum absolute atomic E-state index is 0.130. The van der Waals surface area contributed by atoms with Crippen LogP contribution in [0.3, 0.4) is 0 Å². The summed E-state index contributed by atoms with van der Waals surface area (Å²) in [6.07, 6.45) is 4.13. The molecule has 0 spiro atoms. The van der Waals surface area contributed by atoms with Crippen molar-refractivity contribution in [2.75, 3.05) is 33.7 Å². The Morgan fingerprint density at radius 1 is 1.53 bits per heavy atom. The minimum atomic E-state index is 0.130. The predicted molar refractivity (Wildman–Crippen MR) is 68.7 cm³/mol. The Morgan fingerprint density at radius 2 is 2.35 bits per heavy atom. The fourth-order valence-electron chi connectivity index (χ4n) is 2.68. The van der Waals surface area contributed by atoms with Crippen LogP contribution in [0.1, 0.15) is 18.6 Å². The third-order valence-electron chi connectivity index (χ3n) is 3.92. The van der Waals surface area contributed by atoms with Gasteiger partial charge < -0.3 is 15.1 Å². The summed E-state index contributed by atoms with van der Waals surface area (Å²) in [5.74, 6) is 1.04. The first kappa shape index (κ1) is 12.6. The van der Waals surface area contributed by atoms with Crippen LogP contribution in [-0.4, -0.2) is 49.1 Å². The van der Waals surface area contributed by atoms with Gasteiger partial charge in [-0.05, 0) is 45.6 Å². The van der Waals surface area contributed by atoms with Gasteiger partial charge in [0, 0.05) is 18.6 Å². The molecule has 0 aliphatic carbocycles. The largest absolute Gasteiger partial charge is 0.468 e. The number of nitrogens with two attached hydrogens (primary N) is 1. The third kappa shape index (κ3) is 2.70. The molecule has 1 aliphatic rings. The van der Waals surface area contributed by atoms with Crippen LogP contribution in [0, 0.1) is 0 Å². The number of hydrogen-bond donors (Lipinski definition) is 1. The highest BCUT2D eigenvalue weighted by molar-refractivity contribution is 5.01. The summed E-state index contributed by atoms with van der Waals surface area (Å²) in [6.45, 7) is 3.77. The molecule has 4 heteroatoms. The summed E-state index contributed by atoms with van der Waals surface area (Å²) >= 11 is 0. The van der Waals surface area contributed by atoms with Gasteiger partial charge in [0.05, 0.1) is 12.8 Å². The lowest BCUT2D eigenvalue weighted by molar-refractivity contribution is 0.0435. The first-order chi connectivity index (χ1) is 8.16. The summed E-state index contributed by atoms with van der Waals surface area (Å²) in [5.41, 5.74) is 6.11. The van der Waals surface area contributed by atoms with Crippen LogP contribution in [-0.2, 0) is 6.54 Å². The molecule has 1 aromatic heterocycles. The number of likely N-dealkylation sites (N-methyl/N-ethyl adjacent to an activating group) is 1. The van der Waals surface area contributed by atoms with Crippen molar-refractivity contribution in [3.8, 4) is 0 Å². The summed E-state index contributed by atoms with van der Waals surface area (Å²) in [7, 11) is 4.26. The average molecular weight is 237 g/mol. The molecule has 17 heavy (non-hydrogen) atoms. The van der Waals surface area contributed by atoms with E-state index in [-0.39, 0.29) is 5.54 Å². The van der Waals surface area contributed by atoms with Crippen molar-refractivity contribution < 1.29 is 4.42 Å². The van der Waals surface area contributed by atoms with Gasteiger partial charge in [-0.15, -0.1) is 0 Å². The Hall–Kier alpha value is -0.840. The number of rotatable bonds is 4. The molecule has 0 saturated carbocycles. The topological polar surface area (TPSA) is 45.6 Å². The molecule has 1 saturated heterocycles. The third-order valence-corrected chi connectivity index (χ3v) is 3.92. The van der Waals surface area contributed by atoms with Crippen LogP contribution in [0.4, 0.5) is 0 Å². The van der Waals surface area contributed by atoms with Crippen molar-refractivity contribution in [1.29, 1.82) is 0 Å². The fourth-order valence-corrected chi connectivity index (χ4v) is 2.68. The van der Waals surface area contributed by atoms with Gasteiger partial charge >= 0.3 is 0 Å². The second-order valence-electron chi connectivity index (χ2n) is 5.22. The zero-order valence-electron chi connectivity index (χ0n) is 10.9. The van der Waals surface area contributed by atoms with Gasteiger partial charge in [0.25, 0.3) is 0 Å². The lowest BCUT2D eigenvalue weighted by atomic mass is 9.88. The normalized spacial score (nSPS) is 26.6. The van der Waals surface area contributed by atoms with Crippen molar-refractivity contribution in [1.82, 2.24) is 9.80 Å². The Bertz CT molecular complexity index is 336. The quantitative estimate of drug-likeness (QED) is 0.853. The van der Waals surface area contributed by atoms with E-state index in [1.54, 1.807) is 6.26 Å². The van der Waals surface area contributed by atoms with E-state index in [0.29, 0.717) is 6.54 Å². The van der Waals surface area contributed by atoms with Gasteiger partial charge in [-0.1, -0.05) is 0 Å². The van der Waals surface area contributed by atoms with Gasteiger partial charge in [-0.25, -0.2) is 0 Å². The molecule has 1 atom stereocenters. The highest BCUT2D eigenvalue weighted by Gasteiger charge is 2.36. The molecule has 0 amide bonds. The van der Waals surface area contributed by atoms with Gasteiger partial charge in [0.2, 0.25) is 0 Å². The van der Waals surface area contributed by atoms with Crippen LogP contribution < -0.4 is 5.73 Å². The summed E-state index contributed by atoms with van der Waals surface area (Å²) in [5, 5.41) is 0. The maximum Gasteiger partial charge on any atom is 0.117 e. The van der Waals surface area contributed by atoms with Crippen molar-refractivity contribution in [2.24, 2.45) is 5.73 Å². The minimum Gasteiger partial charge on any atom is -0.468 e. The number of piperidine rings is 1. The van der Waals surface area contributed by atoms with E-state index >= 15 is 0 Å².